The van der Waals surface area contributed by atoms with E-state index in [1.165, 1.54) is 4.57 Å². The van der Waals surface area contributed by atoms with E-state index >= 15 is 0 Å². The molecule has 0 bridgehead atoms. The third-order valence-corrected chi connectivity index (χ3v) is 4.08. The van der Waals surface area contributed by atoms with Gasteiger partial charge in [-0.2, -0.15) is 0 Å². The Hall–Kier alpha value is -2.57. The number of anilines is 1. The summed E-state index contributed by atoms with van der Waals surface area (Å²) >= 11 is 0. The van der Waals surface area contributed by atoms with E-state index in [1.54, 1.807) is 11.6 Å². The zero-order chi connectivity index (χ0) is 16.0. The largest absolute Gasteiger partial charge is 0.376 e. The van der Waals surface area contributed by atoms with Gasteiger partial charge in [-0.3, -0.25) is 24.0 Å². The smallest absolute Gasteiger partial charge is 0.329 e. The molecule has 1 aromatic heterocycles. The fourth-order valence-electron chi connectivity index (χ4n) is 3.01. The predicted octanol–water partition coefficient (Wildman–Crippen LogP) is 0.384. The first kappa shape index (κ1) is 14.4. The minimum absolute atomic E-state index is 0.243. The lowest BCUT2D eigenvalue weighted by molar-refractivity contribution is -0.135. The van der Waals surface area contributed by atoms with Crippen molar-refractivity contribution >= 4 is 28.5 Å². The predicted molar refractivity (Wildman–Crippen MR) is 82.9 cm³/mol. The number of hydrogen-bond donors (Lipinski definition) is 1. The van der Waals surface area contributed by atoms with Gasteiger partial charge in [-0.1, -0.05) is 6.07 Å². The Bertz CT molecular complexity index is 831. The number of amides is 2. The SMILES string of the molecule is CN(C)c1cccc2c1n(C)c(=O)n2C1CCC(=O)NC1=O. The van der Waals surface area contributed by atoms with Gasteiger partial charge in [0.2, 0.25) is 11.8 Å². The number of imidazole rings is 1. The summed E-state index contributed by atoms with van der Waals surface area (Å²) in [6.45, 7) is 0. The van der Waals surface area contributed by atoms with Gasteiger partial charge in [0.15, 0.2) is 0 Å². The molecule has 1 aliphatic rings. The van der Waals surface area contributed by atoms with Gasteiger partial charge in [0.1, 0.15) is 6.04 Å². The van der Waals surface area contributed by atoms with Crippen molar-refractivity contribution < 1.29 is 9.59 Å². The molecule has 0 saturated carbocycles. The monoisotopic (exact) mass is 302 g/mol. The Balaban J connectivity index is 2.25. The van der Waals surface area contributed by atoms with Crippen molar-refractivity contribution in [3.8, 4) is 0 Å². The molecule has 0 aliphatic carbocycles. The van der Waals surface area contributed by atoms with Crippen LogP contribution in [0.15, 0.2) is 23.0 Å². The van der Waals surface area contributed by atoms with Gasteiger partial charge >= 0.3 is 5.69 Å². The van der Waals surface area contributed by atoms with Crippen LogP contribution in [-0.4, -0.2) is 35.0 Å². The number of nitrogens with one attached hydrogen (secondary N) is 1. The van der Waals surface area contributed by atoms with Crippen molar-refractivity contribution in [3.05, 3.63) is 28.7 Å². The average Bonchev–Trinajstić information content (AvgIpc) is 2.72. The summed E-state index contributed by atoms with van der Waals surface area (Å²) in [5, 5.41) is 2.31. The van der Waals surface area contributed by atoms with E-state index in [0.717, 1.165) is 11.2 Å². The summed E-state index contributed by atoms with van der Waals surface area (Å²) in [6, 6.07) is 4.97. The molecule has 1 fully saturated rings. The number of piperidine rings is 1. The van der Waals surface area contributed by atoms with Crippen molar-refractivity contribution in [2.75, 3.05) is 19.0 Å². The van der Waals surface area contributed by atoms with Gasteiger partial charge in [-0.15, -0.1) is 0 Å². The summed E-state index contributed by atoms with van der Waals surface area (Å²) in [7, 11) is 5.51. The minimum Gasteiger partial charge on any atom is -0.376 e. The summed E-state index contributed by atoms with van der Waals surface area (Å²) < 4.78 is 3.04. The van der Waals surface area contributed by atoms with Crippen molar-refractivity contribution in [2.45, 2.75) is 18.9 Å². The summed E-state index contributed by atoms with van der Waals surface area (Å²) in [5.41, 5.74) is 2.14. The van der Waals surface area contributed by atoms with Crippen LogP contribution >= 0.6 is 0 Å². The summed E-state index contributed by atoms with van der Waals surface area (Å²) in [5.74, 6) is -0.704. The molecule has 7 heteroatoms. The molecule has 7 nitrogen and oxygen atoms in total. The maximum absolute atomic E-state index is 12.6. The van der Waals surface area contributed by atoms with Gasteiger partial charge in [0.05, 0.1) is 16.7 Å². The van der Waals surface area contributed by atoms with Crippen LogP contribution in [0.4, 0.5) is 5.69 Å². The minimum atomic E-state index is -0.647. The number of imide groups is 1. The van der Waals surface area contributed by atoms with E-state index < -0.39 is 11.9 Å². The second kappa shape index (κ2) is 5.01. The number of carbonyl (C=O) groups is 2. The first-order valence-corrected chi connectivity index (χ1v) is 7.12. The van der Waals surface area contributed by atoms with Crippen LogP contribution in [0.25, 0.3) is 11.0 Å². The molecule has 0 radical (unpaired) electrons. The molecule has 1 unspecified atom stereocenters. The number of para-hydroxylation sites is 1. The van der Waals surface area contributed by atoms with E-state index in [1.807, 2.05) is 37.2 Å². The van der Waals surface area contributed by atoms with Crippen LogP contribution in [0.5, 0.6) is 0 Å². The van der Waals surface area contributed by atoms with Crippen LogP contribution in [0.1, 0.15) is 18.9 Å². The highest BCUT2D eigenvalue weighted by Crippen LogP contribution is 2.28. The fourth-order valence-corrected chi connectivity index (χ4v) is 3.01. The third-order valence-electron chi connectivity index (χ3n) is 4.08. The topological polar surface area (TPSA) is 76.3 Å². The van der Waals surface area contributed by atoms with Crippen LogP contribution in [-0.2, 0) is 16.6 Å². The van der Waals surface area contributed by atoms with Gasteiger partial charge in [0.25, 0.3) is 0 Å². The first-order chi connectivity index (χ1) is 10.4. The maximum Gasteiger partial charge on any atom is 0.329 e. The molecule has 1 atom stereocenters. The molecule has 0 spiro atoms. The number of aryl methyl sites for hydroxylation is 1. The Morgan fingerprint density at radius 2 is 1.95 bits per heavy atom. The van der Waals surface area contributed by atoms with Crippen LogP contribution in [0, 0.1) is 0 Å². The van der Waals surface area contributed by atoms with Gasteiger partial charge in [-0.25, -0.2) is 4.79 Å². The second-order valence-corrected chi connectivity index (χ2v) is 5.72. The molecule has 1 aromatic carbocycles. The van der Waals surface area contributed by atoms with Crippen molar-refractivity contribution in [1.29, 1.82) is 0 Å². The molecular weight excluding hydrogens is 284 g/mol. The highest BCUT2D eigenvalue weighted by atomic mass is 16.2. The molecule has 2 heterocycles. The van der Waals surface area contributed by atoms with Crippen molar-refractivity contribution in [2.24, 2.45) is 7.05 Å². The van der Waals surface area contributed by atoms with E-state index in [0.29, 0.717) is 11.9 Å². The first-order valence-electron chi connectivity index (χ1n) is 7.12. The molecule has 1 aliphatic heterocycles. The number of fused-ring (bicyclic) bond motifs is 1. The van der Waals surface area contributed by atoms with E-state index in [-0.39, 0.29) is 18.0 Å². The van der Waals surface area contributed by atoms with E-state index in [4.69, 9.17) is 0 Å². The number of benzene rings is 1. The molecular formula is C15H18N4O3. The number of hydrogen-bond acceptors (Lipinski definition) is 4. The highest BCUT2D eigenvalue weighted by molar-refractivity contribution is 6.00. The van der Waals surface area contributed by atoms with Gasteiger partial charge in [-0.05, 0) is 18.6 Å². The summed E-state index contributed by atoms with van der Waals surface area (Å²) in [6.07, 6.45) is 0.586. The summed E-state index contributed by atoms with van der Waals surface area (Å²) in [4.78, 5) is 38.0. The molecule has 2 amide bonds. The molecule has 3 rings (SSSR count). The number of aromatic nitrogens is 2. The maximum atomic E-state index is 12.6. The van der Waals surface area contributed by atoms with E-state index in [9.17, 15) is 14.4 Å². The molecule has 2 aromatic rings. The number of nitrogens with zero attached hydrogens (tertiary/aromatic N) is 3. The standard InChI is InChI=1S/C15H18N4O3/c1-17(2)9-5-4-6-10-13(9)18(3)15(22)19(10)11-7-8-12(20)16-14(11)21/h4-6,11H,7-8H2,1-3H3,(H,16,20,21). The Morgan fingerprint density at radius 3 is 2.59 bits per heavy atom. The molecule has 116 valence electrons. The Labute approximate surface area is 127 Å². The van der Waals surface area contributed by atoms with Crippen molar-refractivity contribution in [3.63, 3.8) is 0 Å². The second-order valence-electron chi connectivity index (χ2n) is 5.72. The van der Waals surface area contributed by atoms with Gasteiger partial charge in [0, 0.05) is 27.6 Å². The zero-order valence-electron chi connectivity index (χ0n) is 12.8. The Morgan fingerprint density at radius 1 is 1.23 bits per heavy atom. The van der Waals surface area contributed by atoms with Crippen molar-refractivity contribution in [1.82, 2.24) is 14.5 Å². The third kappa shape index (κ3) is 2.01. The number of rotatable bonds is 2. The quantitative estimate of drug-likeness (QED) is 0.814. The lowest BCUT2D eigenvalue weighted by Gasteiger charge is -2.22. The lowest BCUT2D eigenvalue weighted by atomic mass is 10.1. The fraction of sp³-hybridized carbons (Fsp3) is 0.400. The number of carbonyl (C=O) groups excluding carboxylic acids is 2. The molecule has 22 heavy (non-hydrogen) atoms. The highest BCUT2D eigenvalue weighted by Gasteiger charge is 2.31. The van der Waals surface area contributed by atoms with Crippen LogP contribution in [0.2, 0.25) is 0 Å². The van der Waals surface area contributed by atoms with Crippen LogP contribution < -0.4 is 15.9 Å². The lowest BCUT2D eigenvalue weighted by Crippen LogP contribution is -2.44. The van der Waals surface area contributed by atoms with Gasteiger partial charge < -0.3 is 4.90 Å². The normalized spacial score (nSPS) is 18.6. The Kier molecular flexibility index (Phi) is 3.27. The van der Waals surface area contributed by atoms with Crippen LogP contribution in [0.3, 0.4) is 0 Å². The molecule has 1 saturated heterocycles. The van der Waals surface area contributed by atoms with E-state index in [2.05, 4.69) is 5.32 Å². The average molecular weight is 302 g/mol. The molecule has 1 N–H and O–H groups in total. The zero-order valence-corrected chi connectivity index (χ0v) is 12.8.